The van der Waals surface area contributed by atoms with Crippen molar-refractivity contribution in [2.24, 2.45) is 7.05 Å². The van der Waals surface area contributed by atoms with Crippen molar-refractivity contribution in [1.29, 1.82) is 0 Å². The smallest absolute Gasteiger partial charge is 0.250 e. The molecule has 0 saturated carbocycles. The van der Waals surface area contributed by atoms with E-state index in [2.05, 4.69) is 37.2 Å². The van der Waals surface area contributed by atoms with Gasteiger partial charge in [-0.05, 0) is 24.1 Å². The van der Waals surface area contributed by atoms with Gasteiger partial charge in [0.1, 0.15) is 0 Å². The summed E-state index contributed by atoms with van der Waals surface area (Å²) in [7, 11) is 3.82. The third-order valence-electron chi connectivity index (χ3n) is 2.96. The Morgan fingerprint density at radius 1 is 1.25 bits per heavy atom. The first-order valence-corrected chi connectivity index (χ1v) is 5.37. The van der Waals surface area contributed by atoms with Gasteiger partial charge in [0.05, 0.1) is 0 Å². The van der Waals surface area contributed by atoms with Gasteiger partial charge in [0.2, 0.25) is 5.56 Å². The fourth-order valence-corrected chi connectivity index (χ4v) is 1.69. The second-order valence-corrected chi connectivity index (χ2v) is 4.22. The lowest BCUT2D eigenvalue weighted by molar-refractivity contribution is 0.405. The van der Waals surface area contributed by atoms with Gasteiger partial charge in [-0.15, -0.1) is 0 Å². The lowest BCUT2D eigenvalue weighted by Gasteiger charge is -2.25. The molecule has 84 valence electrons. The molecule has 2 heterocycles. The predicted molar refractivity (Wildman–Crippen MR) is 66.0 cm³/mol. The van der Waals surface area contributed by atoms with E-state index in [1.165, 1.54) is 0 Å². The Morgan fingerprint density at radius 2 is 2.00 bits per heavy atom. The molecule has 3 nitrogen and oxygen atoms in total. The van der Waals surface area contributed by atoms with Crippen LogP contribution in [-0.4, -0.2) is 22.6 Å². The molecule has 0 aliphatic carbocycles. The molecule has 1 aromatic rings. The molecule has 0 radical (unpaired) electrons. The fourth-order valence-electron chi connectivity index (χ4n) is 1.69. The molecule has 1 aromatic heterocycles. The maximum atomic E-state index is 11.3. The average Bonchev–Trinajstić information content (AvgIpc) is 2.26. The van der Waals surface area contributed by atoms with Gasteiger partial charge in [-0.2, -0.15) is 0 Å². The molecular weight excluding hydrogens is 200 g/mol. The largest absolute Gasteiger partial charge is 0.374 e. The highest BCUT2D eigenvalue weighted by Crippen LogP contribution is 2.20. The van der Waals surface area contributed by atoms with E-state index in [4.69, 9.17) is 0 Å². The second-order valence-electron chi connectivity index (χ2n) is 4.22. The molecule has 1 aliphatic heterocycles. The van der Waals surface area contributed by atoms with Crippen molar-refractivity contribution in [3.8, 4) is 0 Å². The Bertz CT molecular complexity index is 511. The molecule has 0 spiro atoms. The first-order chi connectivity index (χ1) is 7.58. The Hall–Kier alpha value is -1.77. The number of nitrogens with zero attached hydrogens (tertiary/aromatic N) is 2. The highest BCUT2D eigenvalue weighted by Gasteiger charge is 2.09. The van der Waals surface area contributed by atoms with E-state index < -0.39 is 0 Å². The quantitative estimate of drug-likeness (QED) is 0.712. The van der Waals surface area contributed by atoms with Crippen LogP contribution >= 0.6 is 0 Å². The molecule has 16 heavy (non-hydrogen) atoms. The molecule has 3 heteroatoms. The van der Waals surface area contributed by atoms with Crippen LogP contribution in [0.3, 0.4) is 0 Å². The molecule has 1 unspecified atom stereocenters. The van der Waals surface area contributed by atoms with Crippen LogP contribution in [0.1, 0.15) is 12.5 Å². The van der Waals surface area contributed by atoms with Crippen LogP contribution in [0.5, 0.6) is 0 Å². The molecule has 2 rings (SSSR count). The summed E-state index contributed by atoms with van der Waals surface area (Å²) < 4.78 is 1.60. The molecule has 1 atom stereocenters. The van der Waals surface area contributed by atoms with E-state index in [0.717, 1.165) is 11.1 Å². The van der Waals surface area contributed by atoms with E-state index in [1.54, 1.807) is 17.7 Å². The monoisotopic (exact) mass is 216 g/mol. The van der Waals surface area contributed by atoms with Crippen molar-refractivity contribution in [2.45, 2.75) is 13.0 Å². The average molecular weight is 216 g/mol. The number of hydrogen-bond acceptors (Lipinski definition) is 2. The van der Waals surface area contributed by atoms with Gasteiger partial charge >= 0.3 is 0 Å². The van der Waals surface area contributed by atoms with Crippen LogP contribution < -0.4 is 5.56 Å². The molecule has 1 aliphatic rings. The van der Waals surface area contributed by atoms with Crippen LogP contribution in [0, 0.1) is 0 Å². The lowest BCUT2D eigenvalue weighted by atomic mass is 10.0. The van der Waals surface area contributed by atoms with Gasteiger partial charge in [0.25, 0.3) is 0 Å². The zero-order valence-corrected chi connectivity index (χ0v) is 9.84. The Balaban J connectivity index is 2.39. The molecular formula is C13H16N2O. The summed E-state index contributed by atoms with van der Waals surface area (Å²) in [5, 5.41) is 0. The van der Waals surface area contributed by atoms with Crippen LogP contribution in [0.25, 0.3) is 5.57 Å². The number of aryl methyl sites for hydroxylation is 1. The zero-order valence-electron chi connectivity index (χ0n) is 9.84. The summed E-state index contributed by atoms with van der Waals surface area (Å²) in [5.41, 5.74) is 2.22. The first-order valence-electron chi connectivity index (χ1n) is 5.37. The van der Waals surface area contributed by atoms with Crippen LogP contribution in [-0.2, 0) is 7.05 Å². The van der Waals surface area contributed by atoms with Crippen molar-refractivity contribution < 1.29 is 0 Å². The number of allylic oxidation sites excluding steroid dienone is 2. The van der Waals surface area contributed by atoms with Crippen molar-refractivity contribution >= 4 is 5.57 Å². The van der Waals surface area contributed by atoms with E-state index in [-0.39, 0.29) is 5.56 Å². The fraction of sp³-hybridized carbons (Fsp3) is 0.308. The number of hydrogen-bond donors (Lipinski definition) is 0. The van der Waals surface area contributed by atoms with Crippen LogP contribution in [0.4, 0.5) is 0 Å². The minimum atomic E-state index is 0.0193. The third-order valence-corrected chi connectivity index (χ3v) is 2.96. The maximum absolute atomic E-state index is 11.3. The minimum Gasteiger partial charge on any atom is -0.374 e. The number of aromatic nitrogens is 1. The number of likely N-dealkylation sites (N-methyl/N-ethyl adjacent to an activating group) is 1. The summed E-state index contributed by atoms with van der Waals surface area (Å²) >= 11 is 0. The van der Waals surface area contributed by atoms with E-state index in [1.807, 2.05) is 12.3 Å². The number of rotatable bonds is 1. The molecule has 0 N–H and O–H groups in total. The predicted octanol–water partition coefficient (Wildman–Crippen LogP) is 1.62. The van der Waals surface area contributed by atoms with Gasteiger partial charge in [-0.3, -0.25) is 4.79 Å². The van der Waals surface area contributed by atoms with E-state index in [0.29, 0.717) is 6.04 Å². The maximum Gasteiger partial charge on any atom is 0.250 e. The van der Waals surface area contributed by atoms with Gasteiger partial charge in [0.15, 0.2) is 0 Å². The van der Waals surface area contributed by atoms with E-state index in [9.17, 15) is 4.79 Å². The molecule has 0 saturated heterocycles. The number of pyridine rings is 1. The molecule has 0 amide bonds. The minimum absolute atomic E-state index is 0.0193. The summed E-state index contributed by atoms with van der Waals surface area (Å²) in [6.07, 6.45) is 8.22. The third kappa shape index (κ3) is 1.94. The Morgan fingerprint density at radius 3 is 2.62 bits per heavy atom. The zero-order chi connectivity index (χ0) is 11.7. The summed E-state index contributed by atoms with van der Waals surface area (Å²) in [6, 6.07) is 3.89. The van der Waals surface area contributed by atoms with Crippen molar-refractivity contribution in [1.82, 2.24) is 9.47 Å². The van der Waals surface area contributed by atoms with Gasteiger partial charge in [-0.25, -0.2) is 0 Å². The van der Waals surface area contributed by atoms with Crippen LogP contribution in [0.15, 0.2) is 41.5 Å². The first kappa shape index (κ1) is 10.7. The Labute approximate surface area is 95.3 Å². The highest BCUT2D eigenvalue weighted by molar-refractivity contribution is 5.74. The summed E-state index contributed by atoms with van der Waals surface area (Å²) in [5.74, 6) is 0. The van der Waals surface area contributed by atoms with Gasteiger partial charge < -0.3 is 9.47 Å². The standard InChI is InChI=1S/C13H16N2O/c1-10-4-5-11(8-14(10)2)12-6-7-13(16)15(3)9-12/h4-10H,1-3H3. The molecule has 0 fully saturated rings. The SMILES string of the molecule is CC1C=CC(c2ccc(=O)n(C)c2)=CN1C. The summed E-state index contributed by atoms with van der Waals surface area (Å²) in [6.45, 7) is 2.14. The lowest BCUT2D eigenvalue weighted by Crippen LogP contribution is -2.24. The Kier molecular flexibility index (Phi) is 2.69. The highest BCUT2D eigenvalue weighted by atomic mass is 16.1. The van der Waals surface area contributed by atoms with E-state index >= 15 is 0 Å². The summed E-state index contributed by atoms with van der Waals surface area (Å²) in [4.78, 5) is 13.4. The molecule has 0 bridgehead atoms. The van der Waals surface area contributed by atoms with Gasteiger partial charge in [0, 0.05) is 38.6 Å². The van der Waals surface area contributed by atoms with Crippen LogP contribution in [0.2, 0.25) is 0 Å². The second kappa shape index (κ2) is 4.00. The van der Waals surface area contributed by atoms with Crippen molar-refractivity contribution in [2.75, 3.05) is 7.05 Å². The topological polar surface area (TPSA) is 25.2 Å². The molecule has 0 aromatic carbocycles. The van der Waals surface area contributed by atoms with Crippen molar-refractivity contribution in [3.63, 3.8) is 0 Å². The normalized spacial score (nSPS) is 19.8. The van der Waals surface area contributed by atoms with Gasteiger partial charge in [-0.1, -0.05) is 12.2 Å². The van der Waals surface area contributed by atoms with Crippen molar-refractivity contribution in [3.05, 3.63) is 52.6 Å².